The first-order valence-electron chi connectivity index (χ1n) is 8.36. The Morgan fingerprint density at radius 1 is 1.32 bits per heavy atom. The summed E-state index contributed by atoms with van der Waals surface area (Å²) in [5.41, 5.74) is 0.765. The highest BCUT2D eigenvalue weighted by atomic mass is 32.2. The first-order chi connectivity index (χ1) is 11.8. The molecule has 1 atom stereocenters. The molecule has 7 heteroatoms. The number of methoxy groups -OCH3 is 2. The minimum absolute atomic E-state index is 0.278. The zero-order valence-electron chi connectivity index (χ0n) is 15.4. The molecular formula is C18H26N2O3S2. The maximum atomic E-state index is 13.0. The Morgan fingerprint density at radius 3 is 2.60 bits per heavy atom. The van der Waals surface area contributed by atoms with E-state index in [4.69, 9.17) is 21.7 Å². The molecule has 1 aliphatic rings. The average Bonchev–Trinajstić information content (AvgIpc) is 2.80. The highest BCUT2D eigenvalue weighted by Gasteiger charge is 2.50. The SMILES string of the molecule is CCCCN1C(=S)SC(C)(C)C1/[N+]([O-])=C/c1ccc(OC)c(OC)c1. The number of hydrogen-bond acceptors (Lipinski definition) is 5. The van der Waals surface area contributed by atoms with Gasteiger partial charge in [-0.2, -0.15) is 4.74 Å². The third kappa shape index (κ3) is 4.39. The van der Waals surface area contributed by atoms with Crippen molar-refractivity contribution in [2.75, 3.05) is 20.8 Å². The smallest absolute Gasteiger partial charge is 0.254 e. The number of rotatable bonds is 7. The van der Waals surface area contributed by atoms with Crippen molar-refractivity contribution in [1.82, 2.24) is 4.90 Å². The zero-order chi connectivity index (χ0) is 18.6. The molecule has 2 rings (SSSR count). The van der Waals surface area contributed by atoms with Gasteiger partial charge in [-0.05, 0) is 38.5 Å². The number of unbranched alkanes of at least 4 members (excludes halogenated alkanes) is 1. The van der Waals surface area contributed by atoms with Gasteiger partial charge in [-0.15, -0.1) is 0 Å². The van der Waals surface area contributed by atoms with Crippen LogP contribution in [0.25, 0.3) is 0 Å². The van der Waals surface area contributed by atoms with E-state index < -0.39 is 0 Å². The molecule has 0 bridgehead atoms. The summed E-state index contributed by atoms with van der Waals surface area (Å²) in [6, 6.07) is 5.44. The maximum Gasteiger partial charge on any atom is 0.254 e. The fourth-order valence-electron chi connectivity index (χ4n) is 2.95. The second-order valence-corrected chi connectivity index (χ2v) is 8.78. The quantitative estimate of drug-likeness (QED) is 0.235. The van der Waals surface area contributed by atoms with Crippen molar-refractivity contribution >= 4 is 34.5 Å². The minimum Gasteiger partial charge on any atom is -0.622 e. The zero-order valence-corrected chi connectivity index (χ0v) is 17.1. The van der Waals surface area contributed by atoms with Gasteiger partial charge in [0.25, 0.3) is 6.17 Å². The normalized spacial score (nSPS) is 20.0. The molecule has 1 aromatic rings. The van der Waals surface area contributed by atoms with Crippen molar-refractivity contribution in [3.8, 4) is 11.5 Å². The number of ether oxygens (including phenoxy) is 2. The van der Waals surface area contributed by atoms with Gasteiger partial charge in [0.1, 0.15) is 9.07 Å². The Morgan fingerprint density at radius 2 is 2.00 bits per heavy atom. The lowest BCUT2D eigenvalue weighted by atomic mass is 10.1. The van der Waals surface area contributed by atoms with Gasteiger partial charge in [-0.1, -0.05) is 37.3 Å². The van der Waals surface area contributed by atoms with Gasteiger partial charge in [-0.3, -0.25) is 4.90 Å². The molecule has 1 aliphatic heterocycles. The molecule has 1 fully saturated rings. The number of thiocarbonyl (C=S) groups is 1. The van der Waals surface area contributed by atoms with Crippen molar-refractivity contribution in [1.29, 1.82) is 0 Å². The number of thioether (sulfide) groups is 1. The van der Waals surface area contributed by atoms with E-state index >= 15 is 0 Å². The van der Waals surface area contributed by atoms with Crippen LogP contribution in [0.5, 0.6) is 11.5 Å². The van der Waals surface area contributed by atoms with Crippen molar-refractivity contribution in [3.63, 3.8) is 0 Å². The molecule has 138 valence electrons. The van der Waals surface area contributed by atoms with Crippen LogP contribution in [0.2, 0.25) is 0 Å². The maximum absolute atomic E-state index is 13.0. The molecule has 1 unspecified atom stereocenters. The predicted molar refractivity (Wildman–Crippen MR) is 108 cm³/mol. The van der Waals surface area contributed by atoms with E-state index in [-0.39, 0.29) is 10.9 Å². The van der Waals surface area contributed by atoms with E-state index in [1.807, 2.05) is 11.0 Å². The van der Waals surface area contributed by atoms with Crippen LogP contribution in [0, 0.1) is 5.21 Å². The number of nitrogens with zero attached hydrogens (tertiary/aromatic N) is 2. The van der Waals surface area contributed by atoms with Crippen LogP contribution in [-0.2, 0) is 0 Å². The third-order valence-electron chi connectivity index (χ3n) is 4.18. The summed E-state index contributed by atoms with van der Waals surface area (Å²) in [6.45, 7) is 7.06. The van der Waals surface area contributed by atoms with Crippen LogP contribution in [0.1, 0.15) is 39.2 Å². The number of benzene rings is 1. The summed E-state index contributed by atoms with van der Waals surface area (Å²) in [5.74, 6) is 1.24. The summed E-state index contributed by atoms with van der Waals surface area (Å²) >= 11 is 7.10. The van der Waals surface area contributed by atoms with E-state index in [9.17, 15) is 5.21 Å². The molecule has 5 nitrogen and oxygen atoms in total. The molecule has 0 aromatic heterocycles. The molecular weight excluding hydrogens is 356 g/mol. The van der Waals surface area contributed by atoms with Crippen LogP contribution in [-0.4, -0.2) is 51.9 Å². The highest BCUT2D eigenvalue weighted by Crippen LogP contribution is 2.41. The molecule has 0 N–H and O–H groups in total. The Bertz CT molecular complexity index is 662. The third-order valence-corrected chi connectivity index (χ3v) is 5.81. The molecule has 0 spiro atoms. The minimum atomic E-state index is -0.329. The topological polar surface area (TPSA) is 47.8 Å². The van der Waals surface area contributed by atoms with Crippen LogP contribution < -0.4 is 9.47 Å². The van der Waals surface area contributed by atoms with Crippen LogP contribution >= 0.6 is 24.0 Å². The molecule has 0 saturated carbocycles. The van der Waals surface area contributed by atoms with Gasteiger partial charge in [0.2, 0.25) is 0 Å². The van der Waals surface area contributed by atoms with E-state index in [1.165, 1.54) is 0 Å². The van der Waals surface area contributed by atoms with Gasteiger partial charge in [0, 0.05) is 12.1 Å². The molecule has 0 aliphatic carbocycles. The second-order valence-electron chi connectivity index (χ2n) is 6.50. The Balaban J connectivity index is 2.34. The Hall–Kier alpha value is -1.47. The number of hydroxylamine groups is 1. The van der Waals surface area contributed by atoms with Gasteiger partial charge in [0.15, 0.2) is 17.7 Å². The molecule has 1 aromatic carbocycles. The largest absolute Gasteiger partial charge is 0.622 e. The van der Waals surface area contributed by atoms with Crippen LogP contribution in [0.3, 0.4) is 0 Å². The van der Waals surface area contributed by atoms with Crippen molar-refractivity contribution < 1.29 is 14.2 Å². The van der Waals surface area contributed by atoms with E-state index in [0.29, 0.717) is 11.5 Å². The fourth-order valence-corrected chi connectivity index (χ4v) is 4.88. The first-order valence-corrected chi connectivity index (χ1v) is 9.58. The summed E-state index contributed by atoms with van der Waals surface area (Å²) in [5, 5.41) is 13.0. The van der Waals surface area contributed by atoms with Gasteiger partial charge in [0.05, 0.1) is 14.2 Å². The van der Waals surface area contributed by atoms with Gasteiger partial charge < -0.3 is 14.7 Å². The number of hydrogen-bond donors (Lipinski definition) is 0. The molecule has 1 saturated heterocycles. The van der Waals surface area contributed by atoms with Crippen molar-refractivity contribution in [2.45, 2.75) is 44.5 Å². The summed E-state index contributed by atoms with van der Waals surface area (Å²) < 4.78 is 12.1. The van der Waals surface area contributed by atoms with E-state index in [0.717, 1.165) is 34.0 Å². The van der Waals surface area contributed by atoms with E-state index in [2.05, 4.69) is 20.8 Å². The summed E-state index contributed by atoms with van der Waals surface area (Å²) in [6.07, 6.45) is 3.35. The predicted octanol–water partition coefficient (Wildman–Crippen LogP) is 3.87. The average molecular weight is 383 g/mol. The monoisotopic (exact) mass is 382 g/mol. The fraction of sp³-hybridized carbons (Fsp3) is 0.556. The van der Waals surface area contributed by atoms with Crippen molar-refractivity contribution in [2.24, 2.45) is 0 Å². The summed E-state index contributed by atoms with van der Waals surface area (Å²) in [4.78, 5) is 2.05. The first kappa shape index (κ1) is 19.8. The molecule has 0 amide bonds. The molecule has 1 heterocycles. The van der Waals surface area contributed by atoms with Gasteiger partial charge >= 0.3 is 0 Å². The second kappa shape index (κ2) is 8.27. The molecule has 0 radical (unpaired) electrons. The van der Waals surface area contributed by atoms with Gasteiger partial charge in [-0.25, -0.2) is 0 Å². The summed E-state index contributed by atoms with van der Waals surface area (Å²) in [7, 11) is 3.17. The van der Waals surface area contributed by atoms with E-state index in [1.54, 1.807) is 44.3 Å². The van der Waals surface area contributed by atoms with Crippen molar-refractivity contribution in [3.05, 3.63) is 29.0 Å². The Kier molecular flexibility index (Phi) is 6.57. The van der Waals surface area contributed by atoms with Crippen LogP contribution in [0.15, 0.2) is 18.2 Å². The molecule has 25 heavy (non-hydrogen) atoms. The standard InChI is InChI=1S/C18H26N2O3S2/c1-6-7-10-19-16(18(2,3)25-17(19)24)20(21)12-13-8-9-14(22-4)15(11-13)23-5/h8-9,11-12,16H,6-7,10H2,1-5H3/b20-12-. The lowest BCUT2D eigenvalue weighted by Crippen LogP contribution is -2.48. The lowest BCUT2D eigenvalue weighted by molar-refractivity contribution is -0.523. The van der Waals surface area contributed by atoms with Crippen LogP contribution in [0.4, 0.5) is 0 Å². The lowest BCUT2D eigenvalue weighted by Gasteiger charge is -2.29. The highest BCUT2D eigenvalue weighted by molar-refractivity contribution is 8.24. The Labute approximate surface area is 159 Å².